The second kappa shape index (κ2) is 27.6. The Hall–Kier alpha value is -12.5. The normalized spacial score (nSPS) is 11.8. The van der Waals surface area contributed by atoms with Crippen LogP contribution < -0.4 is 0 Å². The van der Waals surface area contributed by atoms with Crippen molar-refractivity contribution in [2.45, 2.75) is 66.2 Å². The van der Waals surface area contributed by atoms with Gasteiger partial charge in [-0.3, -0.25) is 0 Å². The van der Waals surface area contributed by atoms with Crippen molar-refractivity contribution in [3.05, 3.63) is 386 Å². The van der Waals surface area contributed by atoms with Crippen LogP contribution in [0.4, 0.5) is 0 Å². The highest BCUT2D eigenvalue weighted by atomic mass is 14.3. The van der Waals surface area contributed by atoms with Gasteiger partial charge in [-0.25, -0.2) is 0 Å². The summed E-state index contributed by atoms with van der Waals surface area (Å²) in [6.07, 6.45) is 0. The van der Waals surface area contributed by atoms with Gasteiger partial charge in [0.2, 0.25) is 0 Å². The second-order valence-corrected chi connectivity index (χ2v) is 30.7. The van der Waals surface area contributed by atoms with E-state index in [0.717, 1.165) is 0 Å². The average Bonchev–Trinajstić information content (AvgIpc) is 0.692. The van der Waals surface area contributed by atoms with Crippen LogP contribution in [-0.2, 0) is 10.8 Å². The quantitative estimate of drug-likeness (QED) is 0.120. The molecule has 0 spiro atoms. The van der Waals surface area contributed by atoms with Crippen LogP contribution in [0.25, 0.3) is 176 Å². The van der Waals surface area contributed by atoms with Gasteiger partial charge in [0, 0.05) is 0 Å². The fourth-order valence-corrected chi connectivity index (χ4v) is 16.5. The summed E-state index contributed by atoms with van der Waals surface area (Å²) in [5.74, 6) is 0. The standard InChI is InChI=1S/C64H56.C42H28/c1-41-19-22-47(23-20-41)57-53-37-21-42(2)39-55(53)59(48-28-24-45(25-29-48)43-15-11-9-12-16-43)61-58(50-32-34-51(35-33-50)63(3,4)5)54-38-36-52(64(6,7)8)40-56(54)60(62(57)61)49-30-26-46(27-31-49)44-17-13-10-14-18-44;1-5-17-29(18-6-1)37-33-25-13-14-26-34(33)39(31-21-9-3-10-22-31)42-40(32-23-11-4-12-24-32)36-28-16-15-27-35(36)38(41(37)42)30-19-7-2-8-20-30/h9-40H,1-8H3;1-28H. The summed E-state index contributed by atoms with van der Waals surface area (Å²) in [5.41, 5.74) is 29.9. The highest BCUT2D eigenvalue weighted by Crippen LogP contribution is 2.57. The minimum atomic E-state index is -0.0571. The molecule has 0 aliphatic carbocycles. The van der Waals surface area contributed by atoms with Crippen LogP contribution in [0.3, 0.4) is 0 Å². The Morgan fingerprint density at radius 3 is 0.660 bits per heavy atom. The van der Waals surface area contributed by atoms with Gasteiger partial charge in [0.1, 0.15) is 0 Å². The van der Waals surface area contributed by atoms with Crippen LogP contribution >= 0.6 is 0 Å². The zero-order valence-electron chi connectivity index (χ0n) is 61.6. The van der Waals surface area contributed by atoms with E-state index in [9.17, 15) is 0 Å². The molecule has 0 aliphatic heterocycles. The van der Waals surface area contributed by atoms with Crippen molar-refractivity contribution in [1.82, 2.24) is 0 Å². The van der Waals surface area contributed by atoms with E-state index < -0.39 is 0 Å². The van der Waals surface area contributed by atoms with Gasteiger partial charge >= 0.3 is 0 Å². The van der Waals surface area contributed by atoms with Crippen molar-refractivity contribution in [2.75, 3.05) is 0 Å². The van der Waals surface area contributed by atoms with Crippen LogP contribution in [-0.4, -0.2) is 0 Å². The van der Waals surface area contributed by atoms with E-state index in [2.05, 4.69) is 419 Å². The minimum absolute atomic E-state index is 0.0258. The number of hydrogen-bond donors (Lipinski definition) is 0. The van der Waals surface area contributed by atoms with Crippen molar-refractivity contribution >= 4 is 64.6 Å². The van der Waals surface area contributed by atoms with Gasteiger partial charge in [-0.05, 0) is 218 Å². The Morgan fingerprint density at radius 2 is 0.349 bits per heavy atom. The Labute approximate surface area is 624 Å². The van der Waals surface area contributed by atoms with E-state index in [-0.39, 0.29) is 10.8 Å². The molecule has 0 heterocycles. The van der Waals surface area contributed by atoms with Crippen LogP contribution in [0.5, 0.6) is 0 Å². The molecular formula is C106H84. The summed E-state index contributed by atoms with van der Waals surface area (Å²) in [4.78, 5) is 0. The predicted octanol–water partition coefficient (Wildman–Crippen LogP) is 30.2. The SMILES string of the molecule is Cc1ccc(-c2c3ccc(C)cc3c(-c3ccc(-c4ccccc4)cc3)c3c(-c4ccc(C(C)(C)C)cc4)c4ccc(C(C)(C)C)cc4c(-c4ccc(-c5ccccc5)cc4)c23)cc1.c1ccc(-c2c3ccccc3c(-c3ccccc3)c3c(-c4ccccc4)c4ccccc4c(-c4ccccc4)c23)cc1. The first-order chi connectivity index (χ1) is 51.7. The van der Waals surface area contributed by atoms with E-state index in [0.29, 0.717) is 0 Å². The van der Waals surface area contributed by atoms with E-state index in [1.54, 1.807) is 0 Å². The van der Waals surface area contributed by atoms with E-state index in [4.69, 9.17) is 0 Å². The molecule has 18 aromatic carbocycles. The third-order valence-corrected chi connectivity index (χ3v) is 21.8. The highest BCUT2D eigenvalue weighted by molar-refractivity contribution is 6.36. The second-order valence-electron chi connectivity index (χ2n) is 30.7. The lowest BCUT2D eigenvalue weighted by Crippen LogP contribution is -2.11. The summed E-state index contributed by atoms with van der Waals surface area (Å²) in [5, 5.41) is 15.3. The van der Waals surface area contributed by atoms with Gasteiger partial charge in [-0.15, -0.1) is 0 Å². The van der Waals surface area contributed by atoms with Gasteiger partial charge in [-0.1, -0.05) is 411 Å². The van der Waals surface area contributed by atoms with Gasteiger partial charge in [0.05, 0.1) is 0 Å². The van der Waals surface area contributed by atoms with Gasteiger partial charge in [-0.2, -0.15) is 0 Å². The van der Waals surface area contributed by atoms with Crippen molar-refractivity contribution in [3.8, 4) is 111 Å². The summed E-state index contributed by atoms with van der Waals surface area (Å²) >= 11 is 0. The van der Waals surface area contributed by atoms with Crippen molar-refractivity contribution in [1.29, 1.82) is 0 Å². The third kappa shape index (κ3) is 12.2. The Kier molecular flexibility index (Phi) is 17.4. The van der Waals surface area contributed by atoms with E-state index in [1.807, 2.05) is 0 Å². The largest absolute Gasteiger partial charge is 0.0622 e. The molecule has 0 aliphatic rings. The maximum atomic E-state index is 2.51. The first kappa shape index (κ1) is 66.7. The molecule has 0 nitrogen and oxygen atoms in total. The van der Waals surface area contributed by atoms with Crippen molar-refractivity contribution < 1.29 is 0 Å². The summed E-state index contributed by atoms with van der Waals surface area (Å²) in [6, 6.07) is 135. The number of fused-ring (bicyclic) bond motifs is 6. The summed E-state index contributed by atoms with van der Waals surface area (Å²) in [6.45, 7) is 18.3. The molecule has 0 amide bonds. The molecule has 0 N–H and O–H groups in total. The molecule has 106 heavy (non-hydrogen) atoms. The zero-order valence-corrected chi connectivity index (χ0v) is 61.6. The van der Waals surface area contributed by atoms with Crippen LogP contribution in [0.2, 0.25) is 0 Å². The summed E-state index contributed by atoms with van der Waals surface area (Å²) in [7, 11) is 0. The summed E-state index contributed by atoms with van der Waals surface area (Å²) < 4.78 is 0. The molecule has 508 valence electrons. The molecule has 0 saturated heterocycles. The van der Waals surface area contributed by atoms with Gasteiger partial charge < -0.3 is 0 Å². The Morgan fingerprint density at radius 1 is 0.151 bits per heavy atom. The molecular weight excluding hydrogens is 1270 g/mol. The molecule has 0 bridgehead atoms. The first-order valence-electron chi connectivity index (χ1n) is 37.4. The smallest absolute Gasteiger partial charge is 0.000139 e. The number of rotatable bonds is 10. The highest BCUT2D eigenvalue weighted by Gasteiger charge is 2.30. The molecule has 18 aromatic rings. The monoisotopic (exact) mass is 1360 g/mol. The third-order valence-electron chi connectivity index (χ3n) is 21.8. The van der Waals surface area contributed by atoms with Crippen LogP contribution in [0.15, 0.2) is 364 Å². The fourth-order valence-electron chi connectivity index (χ4n) is 16.5. The lowest BCUT2D eigenvalue weighted by Gasteiger charge is -2.27. The maximum absolute atomic E-state index is 2.51. The zero-order chi connectivity index (χ0) is 72.2. The van der Waals surface area contributed by atoms with Crippen molar-refractivity contribution in [3.63, 3.8) is 0 Å². The van der Waals surface area contributed by atoms with Gasteiger partial charge in [0.25, 0.3) is 0 Å². The number of hydrogen-bond acceptors (Lipinski definition) is 0. The van der Waals surface area contributed by atoms with Crippen LogP contribution in [0.1, 0.15) is 63.8 Å². The van der Waals surface area contributed by atoms with Gasteiger partial charge in [0.15, 0.2) is 0 Å². The molecule has 0 radical (unpaired) electrons. The lowest BCUT2D eigenvalue weighted by atomic mass is 9.76. The first-order valence-corrected chi connectivity index (χ1v) is 37.4. The molecule has 0 unspecified atom stereocenters. The molecule has 0 fully saturated rings. The lowest BCUT2D eigenvalue weighted by molar-refractivity contribution is 0.590. The van der Waals surface area contributed by atoms with E-state index in [1.165, 1.54) is 198 Å². The molecule has 0 heteroatoms. The van der Waals surface area contributed by atoms with E-state index >= 15 is 0 Å². The molecule has 0 aromatic heterocycles. The maximum Gasteiger partial charge on any atom is -0.000139 e. The number of benzene rings is 18. The topological polar surface area (TPSA) is 0 Å². The number of aryl methyl sites for hydroxylation is 2. The predicted molar refractivity (Wildman–Crippen MR) is 459 cm³/mol. The Balaban J connectivity index is 0.000000170. The average molecular weight is 1360 g/mol. The molecule has 18 rings (SSSR count). The molecule has 0 saturated carbocycles. The molecule has 0 atom stereocenters. The van der Waals surface area contributed by atoms with Crippen molar-refractivity contribution in [2.24, 2.45) is 0 Å². The van der Waals surface area contributed by atoms with Crippen LogP contribution in [0, 0.1) is 13.8 Å². The fraction of sp³-hybridized carbons (Fsp3) is 0.0943. The Bertz CT molecular complexity index is 5960. The minimum Gasteiger partial charge on any atom is -0.0622 e.